The van der Waals surface area contributed by atoms with E-state index in [1.54, 1.807) is 12.2 Å². The molecule has 1 nitrogen and oxygen atoms in total. The normalized spacial score (nSPS) is 27.5. The number of carbonyl (C=O) groups is 1. The van der Waals surface area contributed by atoms with E-state index in [4.69, 9.17) is 0 Å². The van der Waals surface area contributed by atoms with Crippen molar-refractivity contribution in [1.82, 2.24) is 0 Å². The fourth-order valence-corrected chi connectivity index (χ4v) is 0.943. The molecule has 0 bridgehead atoms. The maximum Gasteiger partial charge on any atom is 0.155 e. The highest BCUT2D eigenvalue weighted by molar-refractivity contribution is 5.89. The third-order valence-corrected chi connectivity index (χ3v) is 1.55. The quantitative estimate of drug-likeness (QED) is 0.515. The minimum Gasteiger partial charge on any atom is -0.295 e. The Kier molecular flexibility index (Phi) is 3.39. The number of allylic oxidation sites excluding steroid dienone is 6. The SMILES string of the molecule is O=C1\C=C/C=C\C=C/CCC1. The first kappa shape index (κ1) is 7.99. The lowest BCUT2D eigenvalue weighted by Crippen LogP contribution is -1.91. The summed E-state index contributed by atoms with van der Waals surface area (Å²) in [7, 11) is 0. The van der Waals surface area contributed by atoms with Crippen molar-refractivity contribution >= 4 is 5.78 Å². The van der Waals surface area contributed by atoms with Gasteiger partial charge in [-0.3, -0.25) is 4.79 Å². The number of hydrogen-bond acceptors (Lipinski definition) is 1. The number of rotatable bonds is 0. The predicted octanol–water partition coefficient (Wildman–Crippen LogP) is 2.41. The summed E-state index contributed by atoms with van der Waals surface area (Å²) >= 11 is 0. The zero-order valence-electron chi connectivity index (χ0n) is 6.49. The molecule has 0 radical (unpaired) electrons. The molecule has 0 amide bonds. The van der Waals surface area contributed by atoms with Crippen LogP contribution in [0.4, 0.5) is 0 Å². The fourth-order valence-electron chi connectivity index (χ4n) is 0.943. The van der Waals surface area contributed by atoms with Crippen LogP contribution in [0.2, 0.25) is 0 Å². The van der Waals surface area contributed by atoms with Crippen LogP contribution in [0, 0.1) is 0 Å². The molecule has 0 unspecified atom stereocenters. The van der Waals surface area contributed by atoms with Crippen molar-refractivity contribution in [2.45, 2.75) is 19.3 Å². The van der Waals surface area contributed by atoms with Crippen molar-refractivity contribution in [3.63, 3.8) is 0 Å². The van der Waals surface area contributed by atoms with Gasteiger partial charge in [-0.15, -0.1) is 0 Å². The van der Waals surface area contributed by atoms with Gasteiger partial charge in [0.15, 0.2) is 5.78 Å². The van der Waals surface area contributed by atoms with E-state index in [9.17, 15) is 4.79 Å². The van der Waals surface area contributed by atoms with Gasteiger partial charge in [-0.2, -0.15) is 0 Å². The number of ketones is 1. The number of hydrogen-bond donors (Lipinski definition) is 0. The molecule has 11 heavy (non-hydrogen) atoms. The summed E-state index contributed by atoms with van der Waals surface area (Å²) in [4.78, 5) is 11.0. The van der Waals surface area contributed by atoms with Crippen molar-refractivity contribution < 1.29 is 4.79 Å². The Balaban J connectivity index is 2.56. The second-order valence-corrected chi connectivity index (χ2v) is 2.53. The number of carbonyl (C=O) groups excluding carboxylic acids is 1. The monoisotopic (exact) mass is 148 g/mol. The predicted molar refractivity (Wildman–Crippen MR) is 46.3 cm³/mol. The van der Waals surface area contributed by atoms with Crippen molar-refractivity contribution in [2.75, 3.05) is 0 Å². The summed E-state index contributed by atoms with van der Waals surface area (Å²) < 4.78 is 0. The Bertz CT molecular complexity index is 209. The van der Waals surface area contributed by atoms with Crippen molar-refractivity contribution in [3.8, 4) is 0 Å². The van der Waals surface area contributed by atoms with E-state index in [0.29, 0.717) is 6.42 Å². The van der Waals surface area contributed by atoms with Gasteiger partial charge >= 0.3 is 0 Å². The molecule has 1 aliphatic carbocycles. The van der Waals surface area contributed by atoms with Gasteiger partial charge in [0.2, 0.25) is 0 Å². The summed E-state index contributed by atoms with van der Waals surface area (Å²) in [5.41, 5.74) is 0. The van der Waals surface area contributed by atoms with E-state index >= 15 is 0 Å². The average Bonchev–Trinajstić information content (AvgIpc) is 2.03. The molecular formula is C10H12O. The van der Waals surface area contributed by atoms with Crippen molar-refractivity contribution in [1.29, 1.82) is 0 Å². The van der Waals surface area contributed by atoms with Crippen LogP contribution in [0.15, 0.2) is 36.5 Å². The lowest BCUT2D eigenvalue weighted by Gasteiger charge is -1.92. The Morgan fingerprint density at radius 2 is 1.91 bits per heavy atom. The standard InChI is InChI=1S/C10H12O/c11-10-8-6-4-2-1-3-5-7-9-10/h1-4,6,8H,5,7,9H2/b3-1-,4-2-,8-6-. The first-order valence-corrected chi connectivity index (χ1v) is 3.92. The van der Waals surface area contributed by atoms with Gasteiger partial charge in [0.1, 0.15) is 0 Å². The Morgan fingerprint density at radius 1 is 1.09 bits per heavy atom. The third kappa shape index (κ3) is 3.56. The fraction of sp³-hybridized carbons (Fsp3) is 0.300. The molecule has 0 aromatic carbocycles. The second-order valence-electron chi connectivity index (χ2n) is 2.53. The van der Waals surface area contributed by atoms with Gasteiger partial charge in [0.05, 0.1) is 0 Å². The molecule has 1 rings (SSSR count). The zero-order valence-corrected chi connectivity index (χ0v) is 6.49. The molecule has 0 aromatic heterocycles. The van der Waals surface area contributed by atoms with Crippen LogP contribution in [-0.4, -0.2) is 5.78 Å². The van der Waals surface area contributed by atoms with Gasteiger partial charge < -0.3 is 0 Å². The van der Waals surface area contributed by atoms with Crippen LogP contribution in [0.25, 0.3) is 0 Å². The van der Waals surface area contributed by atoms with Crippen LogP contribution in [0.3, 0.4) is 0 Å². The molecule has 0 N–H and O–H groups in total. The van der Waals surface area contributed by atoms with E-state index in [2.05, 4.69) is 6.08 Å². The van der Waals surface area contributed by atoms with Crippen LogP contribution in [-0.2, 0) is 4.79 Å². The Morgan fingerprint density at radius 3 is 2.82 bits per heavy atom. The van der Waals surface area contributed by atoms with E-state index < -0.39 is 0 Å². The average molecular weight is 148 g/mol. The Hall–Kier alpha value is -1.11. The molecule has 0 spiro atoms. The van der Waals surface area contributed by atoms with E-state index in [0.717, 1.165) is 12.8 Å². The molecule has 0 saturated heterocycles. The molecule has 0 fully saturated rings. The third-order valence-electron chi connectivity index (χ3n) is 1.55. The minimum absolute atomic E-state index is 0.227. The topological polar surface area (TPSA) is 17.1 Å². The highest BCUT2D eigenvalue weighted by Gasteiger charge is 1.94. The second kappa shape index (κ2) is 4.67. The first-order chi connectivity index (χ1) is 5.39. The van der Waals surface area contributed by atoms with E-state index in [1.165, 1.54) is 0 Å². The lowest BCUT2D eigenvalue weighted by atomic mass is 10.1. The molecule has 1 heteroatoms. The van der Waals surface area contributed by atoms with Crippen LogP contribution < -0.4 is 0 Å². The summed E-state index contributed by atoms with van der Waals surface area (Å²) in [5.74, 6) is 0.227. The summed E-state index contributed by atoms with van der Waals surface area (Å²) in [6.07, 6.45) is 14.0. The molecule has 0 saturated carbocycles. The highest BCUT2D eigenvalue weighted by Crippen LogP contribution is 2.00. The van der Waals surface area contributed by atoms with E-state index in [-0.39, 0.29) is 5.78 Å². The summed E-state index contributed by atoms with van der Waals surface area (Å²) in [6.45, 7) is 0. The molecule has 0 aromatic rings. The lowest BCUT2D eigenvalue weighted by molar-refractivity contribution is -0.114. The van der Waals surface area contributed by atoms with Crippen LogP contribution in [0.1, 0.15) is 19.3 Å². The van der Waals surface area contributed by atoms with Gasteiger partial charge in [0, 0.05) is 6.42 Å². The van der Waals surface area contributed by atoms with Gasteiger partial charge in [0.25, 0.3) is 0 Å². The first-order valence-electron chi connectivity index (χ1n) is 3.92. The summed E-state index contributed by atoms with van der Waals surface area (Å²) in [5, 5.41) is 0. The molecule has 0 heterocycles. The molecule has 1 aliphatic rings. The van der Waals surface area contributed by atoms with Crippen LogP contribution in [0.5, 0.6) is 0 Å². The molecule has 0 aliphatic heterocycles. The maximum atomic E-state index is 11.0. The van der Waals surface area contributed by atoms with Gasteiger partial charge in [-0.1, -0.05) is 30.4 Å². The highest BCUT2D eigenvalue weighted by atomic mass is 16.1. The zero-order chi connectivity index (χ0) is 7.94. The van der Waals surface area contributed by atoms with Crippen LogP contribution >= 0.6 is 0 Å². The smallest absolute Gasteiger partial charge is 0.155 e. The minimum atomic E-state index is 0.227. The summed E-state index contributed by atoms with van der Waals surface area (Å²) in [6, 6.07) is 0. The molecule has 58 valence electrons. The Labute approximate surface area is 67.1 Å². The largest absolute Gasteiger partial charge is 0.295 e. The van der Waals surface area contributed by atoms with Crippen molar-refractivity contribution in [3.05, 3.63) is 36.5 Å². The molecular weight excluding hydrogens is 136 g/mol. The van der Waals surface area contributed by atoms with Crippen molar-refractivity contribution in [2.24, 2.45) is 0 Å². The molecule has 0 atom stereocenters. The van der Waals surface area contributed by atoms with Gasteiger partial charge in [-0.25, -0.2) is 0 Å². The van der Waals surface area contributed by atoms with Gasteiger partial charge in [-0.05, 0) is 18.9 Å². The maximum absolute atomic E-state index is 11.0. The van der Waals surface area contributed by atoms with E-state index in [1.807, 2.05) is 18.2 Å².